The molecule has 2 atom stereocenters. The van der Waals surface area contributed by atoms with Gasteiger partial charge in [-0.25, -0.2) is 0 Å². The number of methoxy groups -OCH3 is 1. The fraction of sp³-hybridized carbons (Fsp3) is 1.00. The molecule has 0 bridgehead atoms. The first kappa shape index (κ1) is 17.9. The molecule has 4 nitrogen and oxygen atoms in total. The third kappa shape index (κ3) is 4.99. The quantitative estimate of drug-likeness (QED) is 0.609. The van der Waals surface area contributed by atoms with Crippen LogP contribution in [-0.2, 0) is 4.74 Å². The van der Waals surface area contributed by atoms with Crippen LogP contribution in [0.25, 0.3) is 0 Å². The van der Waals surface area contributed by atoms with Gasteiger partial charge in [0, 0.05) is 32.3 Å². The van der Waals surface area contributed by atoms with Crippen LogP contribution < -0.4 is 5.32 Å². The van der Waals surface area contributed by atoms with Gasteiger partial charge in [-0.05, 0) is 32.1 Å². The Morgan fingerprint density at radius 2 is 2.00 bits per heavy atom. The SMILES string of the molecule is CCC(C)N(CCOC)CC(CO)(NC(C)C)C1CC1. The Bertz CT molecular complexity index is 269. The first-order valence-corrected chi connectivity index (χ1v) is 8.10. The topological polar surface area (TPSA) is 44.7 Å². The Hall–Kier alpha value is -0.160. The van der Waals surface area contributed by atoms with E-state index in [9.17, 15) is 5.11 Å². The van der Waals surface area contributed by atoms with Crippen molar-refractivity contribution in [2.75, 3.05) is 33.4 Å². The molecule has 0 aromatic heterocycles. The first-order chi connectivity index (χ1) is 9.49. The lowest BCUT2D eigenvalue weighted by atomic mass is 9.91. The highest BCUT2D eigenvalue weighted by molar-refractivity contribution is 5.04. The molecule has 1 rings (SSSR count). The van der Waals surface area contributed by atoms with Crippen LogP contribution in [0.3, 0.4) is 0 Å². The zero-order chi connectivity index (χ0) is 15.2. The fourth-order valence-electron chi connectivity index (χ4n) is 3.01. The molecule has 0 aromatic carbocycles. The van der Waals surface area contributed by atoms with Crippen molar-refractivity contribution in [1.82, 2.24) is 10.2 Å². The number of ether oxygens (including phenoxy) is 1. The maximum Gasteiger partial charge on any atom is 0.0628 e. The number of aliphatic hydroxyl groups excluding tert-OH is 1. The van der Waals surface area contributed by atoms with Crippen molar-refractivity contribution < 1.29 is 9.84 Å². The number of hydrogen-bond acceptors (Lipinski definition) is 4. The van der Waals surface area contributed by atoms with E-state index in [4.69, 9.17) is 4.74 Å². The largest absolute Gasteiger partial charge is 0.394 e. The lowest BCUT2D eigenvalue weighted by molar-refractivity contribution is 0.0504. The zero-order valence-corrected chi connectivity index (χ0v) is 14.0. The van der Waals surface area contributed by atoms with Crippen molar-refractivity contribution in [3.8, 4) is 0 Å². The fourth-order valence-corrected chi connectivity index (χ4v) is 3.01. The lowest BCUT2D eigenvalue weighted by Crippen LogP contribution is -2.61. The highest BCUT2D eigenvalue weighted by atomic mass is 16.5. The molecule has 1 saturated carbocycles. The van der Waals surface area contributed by atoms with Crippen molar-refractivity contribution in [3.63, 3.8) is 0 Å². The second-order valence-corrected chi connectivity index (χ2v) is 6.61. The Labute approximate surface area is 124 Å². The monoisotopic (exact) mass is 286 g/mol. The van der Waals surface area contributed by atoms with Gasteiger partial charge in [-0.15, -0.1) is 0 Å². The molecule has 1 fully saturated rings. The lowest BCUT2D eigenvalue weighted by Gasteiger charge is -2.42. The molecule has 0 amide bonds. The first-order valence-electron chi connectivity index (χ1n) is 8.10. The normalized spacial score (nSPS) is 20.4. The Morgan fingerprint density at radius 3 is 2.40 bits per heavy atom. The molecule has 20 heavy (non-hydrogen) atoms. The molecule has 0 spiro atoms. The van der Waals surface area contributed by atoms with E-state index in [2.05, 4.69) is 37.9 Å². The van der Waals surface area contributed by atoms with Crippen LogP contribution in [0.5, 0.6) is 0 Å². The van der Waals surface area contributed by atoms with Gasteiger partial charge in [-0.1, -0.05) is 20.8 Å². The molecular weight excluding hydrogens is 252 g/mol. The zero-order valence-electron chi connectivity index (χ0n) is 14.0. The molecule has 1 aliphatic rings. The van der Waals surface area contributed by atoms with Crippen LogP contribution in [-0.4, -0.2) is 61.0 Å². The summed E-state index contributed by atoms with van der Waals surface area (Å²) in [4.78, 5) is 2.47. The molecule has 0 radical (unpaired) electrons. The number of hydrogen-bond donors (Lipinski definition) is 2. The highest BCUT2D eigenvalue weighted by Crippen LogP contribution is 2.40. The van der Waals surface area contributed by atoms with E-state index in [1.165, 1.54) is 12.8 Å². The van der Waals surface area contributed by atoms with Crippen molar-refractivity contribution >= 4 is 0 Å². The van der Waals surface area contributed by atoms with Gasteiger partial charge in [0.1, 0.15) is 0 Å². The maximum absolute atomic E-state index is 10.0. The van der Waals surface area contributed by atoms with Gasteiger partial charge < -0.3 is 15.2 Å². The molecule has 0 saturated heterocycles. The van der Waals surface area contributed by atoms with E-state index >= 15 is 0 Å². The van der Waals surface area contributed by atoms with E-state index in [1.54, 1.807) is 7.11 Å². The van der Waals surface area contributed by atoms with Crippen molar-refractivity contribution in [2.24, 2.45) is 5.92 Å². The molecular formula is C16H34N2O2. The van der Waals surface area contributed by atoms with Crippen LogP contribution in [0.15, 0.2) is 0 Å². The van der Waals surface area contributed by atoms with E-state index in [-0.39, 0.29) is 12.1 Å². The van der Waals surface area contributed by atoms with Crippen LogP contribution in [0.4, 0.5) is 0 Å². The van der Waals surface area contributed by atoms with Crippen LogP contribution in [0.1, 0.15) is 47.0 Å². The summed E-state index contributed by atoms with van der Waals surface area (Å²) in [6, 6.07) is 0.910. The highest BCUT2D eigenvalue weighted by Gasteiger charge is 2.46. The molecule has 1 aliphatic carbocycles. The molecule has 2 N–H and O–H groups in total. The second kappa shape index (κ2) is 8.32. The van der Waals surface area contributed by atoms with Gasteiger partial charge in [0.2, 0.25) is 0 Å². The smallest absolute Gasteiger partial charge is 0.0628 e. The summed E-state index contributed by atoms with van der Waals surface area (Å²) in [5.41, 5.74) is -0.147. The van der Waals surface area contributed by atoms with E-state index < -0.39 is 0 Å². The van der Waals surface area contributed by atoms with Crippen molar-refractivity contribution in [2.45, 2.75) is 64.6 Å². The predicted molar refractivity (Wildman–Crippen MR) is 84.0 cm³/mol. The van der Waals surface area contributed by atoms with E-state index in [0.29, 0.717) is 18.0 Å². The molecule has 4 heteroatoms. The Kier molecular flexibility index (Phi) is 7.45. The average Bonchev–Trinajstić information content (AvgIpc) is 3.25. The minimum absolute atomic E-state index is 0.147. The van der Waals surface area contributed by atoms with Crippen LogP contribution in [0.2, 0.25) is 0 Å². The Morgan fingerprint density at radius 1 is 1.35 bits per heavy atom. The summed E-state index contributed by atoms with van der Waals surface area (Å²) in [6.45, 7) is 11.6. The molecule has 0 heterocycles. The molecule has 120 valence electrons. The predicted octanol–water partition coefficient (Wildman–Crippen LogP) is 1.87. The average molecular weight is 286 g/mol. The van der Waals surface area contributed by atoms with Crippen molar-refractivity contribution in [3.05, 3.63) is 0 Å². The number of aliphatic hydroxyl groups is 1. The van der Waals surface area contributed by atoms with E-state index in [1.807, 2.05) is 0 Å². The summed E-state index contributed by atoms with van der Waals surface area (Å²) >= 11 is 0. The van der Waals surface area contributed by atoms with Crippen LogP contribution >= 0.6 is 0 Å². The van der Waals surface area contributed by atoms with Crippen LogP contribution in [0, 0.1) is 5.92 Å². The van der Waals surface area contributed by atoms with Crippen molar-refractivity contribution in [1.29, 1.82) is 0 Å². The molecule has 2 unspecified atom stereocenters. The van der Waals surface area contributed by atoms with Gasteiger partial charge in [0.05, 0.1) is 18.8 Å². The Balaban J connectivity index is 2.77. The minimum Gasteiger partial charge on any atom is -0.394 e. The third-order valence-electron chi connectivity index (χ3n) is 4.50. The molecule has 0 aliphatic heterocycles. The third-order valence-corrected chi connectivity index (χ3v) is 4.50. The summed E-state index contributed by atoms with van der Waals surface area (Å²) < 4.78 is 5.25. The van der Waals surface area contributed by atoms with Gasteiger partial charge >= 0.3 is 0 Å². The number of rotatable bonds is 11. The second-order valence-electron chi connectivity index (χ2n) is 6.61. The van der Waals surface area contributed by atoms with Gasteiger partial charge in [0.25, 0.3) is 0 Å². The number of nitrogens with zero attached hydrogens (tertiary/aromatic N) is 1. The summed E-state index contributed by atoms with van der Waals surface area (Å²) in [5, 5.41) is 13.7. The van der Waals surface area contributed by atoms with Gasteiger partial charge in [-0.3, -0.25) is 4.90 Å². The minimum atomic E-state index is -0.147. The maximum atomic E-state index is 10.0. The summed E-state index contributed by atoms with van der Waals surface area (Å²) in [6.07, 6.45) is 3.59. The standard InChI is InChI=1S/C16H34N2O2/c1-6-14(4)18(9-10-20-5)11-16(12-19,15-7-8-15)17-13(2)3/h13-15,17,19H,6-12H2,1-5H3. The summed E-state index contributed by atoms with van der Waals surface area (Å²) in [7, 11) is 1.75. The summed E-state index contributed by atoms with van der Waals surface area (Å²) in [5.74, 6) is 0.615. The number of nitrogens with one attached hydrogen (secondary N) is 1. The van der Waals surface area contributed by atoms with Gasteiger partial charge in [-0.2, -0.15) is 0 Å². The van der Waals surface area contributed by atoms with E-state index in [0.717, 1.165) is 26.1 Å². The molecule has 0 aromatic rings. The van der Waals surface area contributed by atoms with Gasteiger partial charge in [0.15, 0.2) is 0 Å².